The van der Waals surface area contributed by atoms with Crippen LogP contribution in [0.5, 0.6) is 0 Å². The van der Waals surface area contributed by atoms with Gasteiger partial charge in [-0.2, -0.15) is 0 Å². The Morgan fingerprint density at radius 1 is 1.00 bits per heavy atom. The van der Waals surface area contributed by atoms with Gasteiger partial charge in [-0.1, -0.05) is 27.7 Å². The molecule has 66 valence electrons. The van der Waals surface area contributed by atoms with Crippen LogP contribution >= 0.6 is 0 Å². The van der Waals surface area contributed by atoms with Gasteiger partial charge >= 0.3 is 37.7 Å². The molecule has 0 heterocycles. The summed E-state index contributed by atoms with van der Waals surface area (Å²) in [5, 5.41) is 9.39. The first-order chi connectivity index (χ1) is 4.52. The van der Waals surface area contributed by atoms with Crippen molar-refractivity contribution in [3.63, 3.8) is 0 Å². The van der Waals surface area contributed by atoms with Crippen molar-refractivity contribution in [1.29, 1.82) is 0 Å². The van der Waals surface area contributed by atoms with E-state index in [1.807, 2.05) is 0 Å². The van der Waals surface area contributed by atoms with Gasteiger partial charge in [-0.15, -0.1) is 0 Å². The predicted molar refractivity (Wildman–Crippen MR) is 52.9 cm³/mol. The summed E-state index contributed by atoms with van der Waals surface area (Å²) < 4.78 is 0. The zero-order valence-corrected chi connectivity index (χ0v) is 10.5. The van der Waals surface area contributed by atoms with Gasteiger partial charge in [-0.05, 0) is 24.7 Å². The van der Waals surface area contributed by atoms with E-state index in [-0.39, 0.29) is 46.7 Å². The molecule has 0 aromatic heterocycles. The van der Waals surface area contributed by atoms with Crippen molar-refractivity contribution in [1.82, 2.24) is 0 Å². The van der Waals surface area contributed by atoms with Crippen molar-refractivity contribution in [2.24, 2.45) is 11.8 Å². The van der Waals surface area contributed by atoms with Gasteiger partial charge in [0.15, 0.2) is 0 Å². The Labute approximate surface area is 104 Å². The Morgan fingerprint density at radius 2 is 1.27 bits per heavy atom. The molecule has 0 radical (unpaired) electrons. The van der Waals surface area contributed by atoms with E-state index in [0.29, 0.717) is 11.8 Å². The first-order valence-electron chi connectivity index (χ1n) is 4.20. The van der Waals surface area contributed by atoms with Gasteiger partial charge in [-0.3, -0.25) is 0 Å². The summed E-state index contributed by atoms with van der Waals surface area (Å²) in [5.74, 6) is 1.24. The number of hydrogen-bond donors (Lipinski definition) is 1. The topological polar surface area (TPSA) is 20.2 Å². The van der Waals surface area contributed by atoms with Crippen LogP contribution in [0.3, 0.4) is 0 Å². The Bertz CT molecular complexity index is 79.7. The van der Waals surface area contributed by atoms with Crippen LogP contribution in [0.2, 0.25) is 0 Å². The van der Waals surface area contributed by atoms with Crippen LogP contribution in [0.4, 0.5) is 0 Å². The molecule has 0 aromatic carbocycles. The fourth-order valence-electron chi connectivity index (χ4n) is 1.18. The molecule has 0 spiro atoms. The molecule has 2 heteroatoms. The molecule has 0 saturated heterocycles. The molecule has 1 N–H and O–H groups in total. The van der Waals surface area contributed by atoms with Gasteiger partial charge in [0, 0.05) is 0 Å². The molecule has 0 fully saturated rings. The Hall–Kier alpha value is 1.22. The smallest absolute Gasteiger partial charge is 1.00 e. The Kier molecular flexibility index (Phi) is 10.5. The number of aliphatic hydroxyl groups excluding tert-OH is 1. The second kappa shape index (κ2) is 7.85. The molecule has 0 amide bonds. The van der Waals surface area contributed by atoms with Crippen molar-refractivity contribution < 1.29 is 7.96 Å². The monoisotopic (exact) mass is 186 g/mol. The second-order valence-electron chi connectivity index (χ2n) is 3.91. The van der Waals surface area contributed by atoms with Crippen LogP contribution in [-0.2, 0) is 0 Å². The summed E-state index contributed by atoms with van der Waals surface area (Å²) >= 11 is 0. The van der Waals surface area contributed by atoms with E-state index in [0.717, 1.165) is 12.8 Å². The summed E-state index contributed by atoms with van der Waals surface area (Å²) in [6.07, 6.45) is 1.80. The molecule has 0 saturated carbocycles. The largest absolute Gasteiger partial charge is 2.00 e. The van der Waals surface area contributed by atoms with Gasteiger partial charge < -0.3 is 7.96 Å². The summed E-state index contributed by atoms with van der Waals surface area (Å²) in [6, 6.07) is 0. The average Bonchev–Trinajstić information content (AvgIpc) is 1.58. The third kappa shape index (κ3) is 11.2. The van der Waals surface area contributed by atoms with Crippen molar-refractivity contribution in [3.05, 3.63) is 0 Å². The van der Waals surface area contributed by atoms with Gasteiger partial charge in [0.2, 0.25) is 0 Å². The van der Waals surface area contributed by atoms with E-state index in [2.05, 4.69) is 27.7 Å². The van der Waals surface area contributed by atoms with Gasteiger partial charge in [0.1, 0.15) is 0 Å². The minimum atomic E-state index is -0.0833. The third-order valence-corrected chi connectivity index (χ3v) is 1.49. The second-order valence-corrected chi connectivity index (χ2v) is 3.91. The van der Waals surface area contributed by atoms with Crippen molar-refractivity contribution in [2.45, 2.75) is 46.6 Å². The molecule has 0 atom stereocenters. The van der Waals surface area contributed by atoms with Gasteiger partial charge in [-0.25, -0.2) is 0 Å². The zero-order valence-electron chi connectivity index (χ0n) is 10.3. The fraction of sp³-hybridized carbons (Fsp3) is 1.00. The predicted octanol–water partition coefficient (Wildman–Crippen LogP) is 2.28. The maximum absolute atomic E-state index is 9.39. The molecule has 0 aliphatic rings. The normalized spacial score (nSPS) is 10.9. The van der Waals surface area contributed by atoms with Gasteiger partial charge in [0.05, 0.1) is 6.10 Å². The maximum atomic E-state index is 9.39. The van der Waals surface area contributed by atoms with Crippen LogP contribution < -0.4 is 0 Å². The molecule has 0 bridgehead atoms. The molecule has 0 rings (SSSR count). The zero-order chi connectivity index (χ0) is 8.15. The minimum absolute atomic E-state index is 0. The van der Waals surface area contributed by atoms with Crippen molar-refractivity contribution in [3.8, 4) is 0 Å². The van der Waals surface area contributed by atoms with Gasteiger partial charge in [0.25, 0.3) is 0 Å². The molecule has 0 aliphatic carbocycles. The molecule has 11 heavy (non-hydrogen) atoms. The SMILES string of the molecule is CC(C)CC(O)CC(C)C.[Ca+2].[H-].[H-]. The molecule has 0 aromatic rings. The number of aliphatic hydroxyl groups is 1. The standard InChI is InChI=1S/C9H20O.Ca.2H/c1-7(2)5-9(10)6-8(3)4;;;/h7-10H,5-6H2,1-4H3;;;/q;+2;2*-1. The van der Waals surface area contributed by atoms with E-state index in [9.17, 15) is 5.11 Å². The van der Waals surface area contributed by atoms with E-state index < -0.39 is 0 Å². The minimum Gasteiger partial charge on any atom is -1.00 e. The maximum Gasteiger partial charge on any atom is 2.00 e. The quantitative estimate of drug-likeness (QED) is 0.668. The van der Waals surface area contributed by atoms with E-state index in [1.165, 1.54) is 0 Å². The third-order valence-electron chi connectivity index (χ3n) is 1.49. The van der Waals surface area contributed by atoms with Crippen LogP contribution in [0.25, 0.3) is 0 Å². The fourth-order valence-corrected chi connectivity index (χ4v) is 1.18. The molecule has 0 unspecified atom stereocenters. The summed E-state index contributed by atoms with van der Waals surface area (Å²) in [4.78, 5) is 0. The van der Waals surface area contributed by atoms with Crippen LogP contribution in [-0.4, -0.2) is 48.9 Å². The molecular formula is C9H22CaO. The first kappa shape index (κ1) is 14.7. The van der Waals surface area contributed by atoms with E-state index in [1.54, 1.807) is 0 Å². The Balaban J connectivity index is -0.000000135. The van der Waals surface area contributed by atoms with Crippen molar-refractivity contribution in [2.75, 3.05) is 0 Å². The summed E-state index contributed by atoms with van der Waals surface area (Å²) in [7, 11) is 0. The Morgan fingerprint density at radius 3 is 1.45 bits per heavy atom. The van der Waals surface area contributed by atoms with E-state index in [4.69, 9.17) is 0 Å². The molecule has 0 aliphatic heterocycles. The first-order valence-corrected chi connectivity index (χ1v) is 4.20. The number of hydrogen-bond acceptors (Lipinski definition) is 1. The molecular weight excluding hydrogens is 164 g/mol. The number of rotatable bonds is 4. The van der Waals surface area contributed by atoms with Crippen LogP contribution in [0.1, 0.15) is 43.4 Å². The van der Waals surface area contributed by atoms with Crippen LogP contribution in [0, 0.1) is 11.8 Å². The van der Waals surface area contributed by atoms with Crippen molar-refractivity contribution >= 4 is 37.7 Å². The average molecular weight is 186 g/mol. The van der Waals surface area contributed by atoms with Crippen LogP contribution in [0.15, 0.2) is 0 Å². The summed E-state index contributed by atoms with van der Waals surface area (Å²) in [6.45, 7) is 8.57. The molecule has 1 nitrogen and oxygen atoms in total. The van der Waals surface area contributed by atoms with E-state index >= 15 is 0 Å². The summed E-state index contributed by atoms with van der Waals surface area (Å²) in [5.41, 5.74) is 0.